The molecule has 3 aromatic rings. The molecule has 3 unspecified atom stereocenters. The molecule has 0 amide bonds. The first-order valence-electron chi connectivity index (χ1n) is 18.5. The zero-order valence-electron chi connectivity index (χ0n) is 33.2. The third-order valence-corrected chi connectivity index (χ3v) is 9.03. The highest BCUT2D eigenvalue weighted by atomic mass is 19.1. The SMILES string of the molecule is C#CC.C=C.C=C(/C=C\C=C/C(C)CC)C(CNCc1cc(C=NC2CC2)c(N)c(NC)c1)c1cc2c(c(-c3cc(C)c(F)cc3F)n1)OCC2C.CN. The van der Waals surface area contributed by atoms with Gasteiger partial charge in [-0.15, -0.1) is 25.5 Å². The molecule has 1 fully saturated rings. The molecule has 54 heavy (non-hydrogen) atoms. The van der Waals surface area contributed by atoms with Gasteiger partial charge in [-0.2, -0.15) is 0 Å². The first-order chi connectivity index (χ1) is 26.0. The van der Waals surface area contributed by atoms with Crippen LogP contribution in [0.15, 0.2) is 84.9 Å². The van der Waals surface area contributed by atoms with Gasteiger partial charge in [0.2, 0.25) is 0 Å². The highest BCUT2D eigenvalue weighted by molar-refractivity contribution is 5.92. The van der Waals surface area contributed by atoms with Crippen LogP contribution in [0.4, 0.5) is 20.2 Å². The minimum absolute atomic E-state index is 0.0939. The highest BCUT2D eigenvalue weighted by Crippen LogP contribution is 2.43. The van der Waals surface area contributed by atoms with Crippen LogP contribution in [0.3, 0.4) is 0 Å². The lowest BCUT2D eigenvalue weighted by Gasteiger charge is -2.21. The predicted molar refractivity (Wildman–Crippen MR) is 226 cm³/mol. The Bertz CT molecular complexity index is 1820. The summed E-state index contributed by atoms with van der Waals surface area (Å²) in [5.41, 5.74) is 17.9. The van der Waals surface area contributed by atoms with Crippen LogP contribution in [0.25, 0.3) is 11.3 Å². The second-order valence-corrected chi connectivity index (χ2v) is 13.2. The lowest BCUT2D eigenvalue weighted by atomic mass is 9.91. The number of nitrogen functional groups attached to an aromatic ring is 1. The number of nitrogens with zero attached hydrogens (tertiary/aromatic N) is 2. The molecule has 2 aliphatic rings. The van der Waals surface area contributed by atoms with Gasteiger partial charge in [0.25, 0.3) is 0 Å². The van der Waals surface area contributed by atoms with Gasteiger partial charge >= 0.3 is 0 Å². The number of hydrogen-bond donors (Lipinski definition) is 4. The molecule has 1 aromatic heterocycles. The van der Waals surface area contributed by atoms with Gasteiger partial charge < -0.3 is 26.8 Å². The van der Waals surface area contributed by atoms with E-state index in [9.17, 15) is 4.39 Å². The average Bonchev–Trinajstić information content (AvgIpc) is 3.94. The predicted octanol–water partition coefficient (Wildman–Crippen LogP) is 9.64. The van der Waals surface area contributed by atoms with Crippen molar-refractivity contribution in [2.75, 3.05) is 38.3 Å². The molecule has 2 heterocycles. The van der Waals surface area contributed by atoms with Gasteiger partial charge in [-0.05, 0) is 80.6 Å². The monoisotopic (exact) mass is 738 g/mol. The number of pyridine rings is 1. The molecule has 6 N–H and O–H groups in total. The van der Waals surface area contributed by atoms with Crippen molar-refractivity contribution in [1.29, 1.82) is 0 Å². The number of fused-ring (bicyclic) bond motifs is 1. The Morgan fingerprint density at radius 1 is 1.15 bits per heavy atom. The Kier molecular flexibility index (Phi) is 19.1. The van der Waals surface area contributed by atoms with Gasteiger partial charge in [-0.3, -0.25) is 4.99 Å². The third kappa shape index (κ3) is 12.5. The number of rotatable bonds is 14. The quantitative estimate of drug-likeness (QED) is 0.0431. The summed E-state index contributed by atoms with van der Waals surface area (Å²) in [7, 11) is 3.36. The molecule has 0 spiro atoms. The van der Waals surface area contributed by atoms with Crippen molar-refractivity contribution in [3.63, 3.8) is 0 Å². The number of aryl methyl sites for hydroxylation is 1. The number of terminal acetylenes is 1. The fourth-order valence-electron chi connectivity index (χ4n) is 5.62. The van der Waals surface area contributed by atoms with Crippen LogP contribution in [-0.4, -0.2) is 44.5 Å². The van der Waals surface area contributed by atoms with Crippen molar-refractivity contribution in [2.24, 2.45) is 16.6 Å². The Labute approximate surface area is 322 Å². The first kappa shape index (κ1) is 45.1. The molecule has 5 rings (SSSR count). The third-order valence-electron chi connectivity index (χ3n) is 9.03. The van der Waals surface area contributed by atoms with E-state index in [0.717, 1.165) is 59.0 Å². The maximum absolute atomic E-state index is 15.3. The normalized spacial score (nSPS) is 15.5. The van der Waals surface area contributed by atoms with E-state index in [4.69, 9.17) is 15.5 Å². The summed E-state index contributed by atoms with van der Waals surface area (Å²) >= 11 is 0. The van der Waals surface area contributed by atoms with Gasteiger partial charge in [0.05, 0.1) is 29.7 Å². The van der Waals surface area contributed by atoms with Crippen molar-refractivity contribution in [3.05, 3.63) is 120 Å². The van der Waals surface area contributed by atoms with Crippen LogP contribution < -0.4 is 26.8 Å². The summed E-state index contributed by atoms with van der Waals surface area (Å²) in [5.74, 6) is 1.87. The lowest BCUT2D eigenvalue weighted by Crippen LogP contribution is -2.23. The molecule has 290 valence electrons. The lowest BCUT2D eigenvalue weighted by molar-refractivity contribution is 0.337. The Morgan fingerprint density at radius 2 is 1.83 bits per heavy atom. The molecule has 0 bridgehead atoms. The van der Waals surface area contributed by atoms with Gasteiger partial charge in [-0.1, -0.05) is 58.1 Å². The summed E-state index contributed by atoms with van der Waals surface area (Å²) in [6, 6.07) is 9.01. The number of hydrogen-bond acceptors (Lipinski definition) is 7. The Balaban J connectivity index is 0.00000135. The van der Waals surface area contributed by atoms with Crippen molar-refractivity contribution >= 4 is 17.6 Å². The number of allylic oxidation sites excluding steroid dienone is 4. The van der Waals surface area contributed by atoms with E-state index >= 15 is 4.39 Å². The maximum atomic E-state index is 15.3. The fraction of sp³-hybridized carbons (Fsp3) is 0.378. The highest BCUT2D eigenvalue weighted by Gasteiger charge is 2.30. The molecule has 7 nitrogen and oxygen atoms in total. The molecule has 1 aliphatic carbocycles. The van der Waals surface area contributed by atoms with E-state index in [2.05, 4.69) is 98.5 Å². The van der Waals surface area contributed by atoms with E-state index in [-0.39, 0.29) is 17.4 Å². The number of benzene rings is 2. The van der Waals surface area contributed by atoms with Crippen LogP contribution in [0.1, 0.15) is 86.7 Å². The van der Waals surface area contributed by atoms with Gasteiger partial charge in [-0.25, -0.2) is 13.8 Å². The molecule has 1 saturated carbocycles. The Morgan fingerprint density at radius 3 is 2.46 bits per heavy atom. The minimum Gasteiger partial charge on any atom is -0.490 e. The number of ether oxygens (including phenoxy) is 1. The van der Waals surface area contributed by atoms with Crippen molar-refractivity contribution < 1.29 is 13.5 Å². The van der Waals surface area contributed by atoms with Gasteiger partial charge in [0.1, 0.15) is 23.1 Å². The standard InChI is InChI=1S/C39H47F2N5O.C3H4.C2H4.CH5N/c1-7-23(2)10-8-9-11-24(3)32(21-44-19-27-15-28(20-45-29-12-13-29)37(42)36(16-27)43-6)35-17-30-26(5)22-47-39(30)38(46-35)31-14-25(4)33(40)18-34(31)41;1-3-2;2*1-2/h8-11,14-18,20,23,26,29,32,43-44H,3,7,12-13,19,21-22,42H2,1-2,4-6H3;1H,2H3;1-2H2;2H2,1H3/b10-8-,11-9-,45-20?;;;. The van der Waals surface area contributed by atoms with Crippen LogP contribution >= 0.6 is 0 Å². The minimum atomic E-state index is -0.670. The molecule has 1 aliphatic heterocycles. The molecule has 3 atom stereocenters. The topological polar surface area (TPSA) is 111 Å². The van der Waals surface area contributed by atoms with Crippen molar-refractivity contribution in [2.45, 2.75) is 78.3 Å². The molecular weight excluding hydrogens is 679 g/mol. The van der Waals surface area contributed by atoms with Crippen LogP contribution in [-0.2, 0) is 6.54 Å². The van der Waals surface area contributed by atoms with Crippen LogP contribution in [0.5, 0.6) is 5.75 Å². The molecule has 9 heteroatoms. The van der Waals surface area contributed by atoms with Gasteiger partial charge in [0.15, 0.2) is 0 Å². The van der Waals surface area contributed by atoms with Gasteiger partial charge in [0, 0.05) is 60.9 Å². The van der Waals surface area contributed by atoms with E-state index < -0.39 is 11.6 Å². The van der Waals surface area contributed by atoms with Crippen LogP contribution in [0.2, 0.25) is 0 Å². The maximum Gasteiger partial charge on any atom is 0.149 e. The van der Waals surface area contributed by atoms with E-state index in [0.29, 0.717) is 54.4 Å². The smallest absolute Gasteiger partial charge is 0.149 e. The zero-order chi connectivity index (χ0) is 40.4. The molecule has 2 aromatic carbocycles. The number of aromatic nitrogens is 1. The summed E-state index contributed by atoms with van der Waals surface area (Å²) in [5, 5.41) is 6.82. The van der Waals surface area contributed by atoms with Crippen LogP contribution in [0, 0.1) is 36.8 Å². The zero-order valence-corrected chi connectivity index (χ0v) is 33.2. The summed E-state index contributed by atoms with van der Waals surface area (Å²) < 4.78 is 35.6. The fourth-order valence-corrected chi connectivity index (χ4v) is 5.62. The van der Waals surface area contributed by atoms with E-state index in [1.165, 1.54) is 13.1 Å². The number of aliphatic imine (C=N–C) groups is 1. The van der Waals surface area contributed by atoms with Crippen molar-refractivity contribution in [3.8, 4) is 29.4 Å². The number of anilines is 2. The second-order valence-electron chi connectivity index (χ2n) is 13.2. The van der Waals surface area contributed by atoms with E-state index in [1.54, 1.807) is 13.8 Å². The first-order valence-corrected chi connectivity index (χ1v) is 18.5. The van der Waals surface area contributed by atoms with Crippen molar-refractivity contribution in [1.82, 2.24) is 10.3 Å². The summed E-state index contributed by atoms with van der Waals surface area (Å²) in [6.07, 6.45) is 18.0. The summed E-state index contributed by atoms with van der Waals surface area (Å²) in [6.45, 7) is 21.7. The molecule has 0 radical (unpaired) electrons. The second kappa shape index (κ2) is 22.9. The number of nitrogens with two attached hydrogens (primary N) is 2. The molecule has 0 saturated heterocycles. The average molecular weight is 739 g/mol. The summed E-state index contributed by atoms with van der Waals surface area (Å²) in [4.78, 5) is 9.66. The van der Waals surface area contributed by atoms with E-state index in [1.807, 2.05) is 31.5 Å². The number of nitrogens with one attached hydrogen (secondary N) is 2. The largest absolute Gasteiger partial charge is 0.490 e. The molecular formula is C45H60F2N6O. The Hall–Kier alpha value is -5.04. The number of halogens is 2.